The number of carbonyl (C=O) groups is 2. The molecule has 1 fully saturated rings. The van der Waals surface area contributed by atoms with Gasteiger partial charge in [-0.05, 0) is 30.0 Å². The molecule has 13 heteroatoms. The molecule has 2 N–H and O–H groups in total. The van der Waals surface area contributed by atoms with E-state index in [0.717, 1.165) is 18.2 Å². The van der Waals surface area contributed by atoms with E-state index in [9.17, 15) is 40.3 Å². The quantitative estimate of drug-likeness (QED) is 0.720. The number of aliphatic imine (C=N–C) groups is 1. The van der Waals surface area contributed by atoms with Gasteiger partial charge in [-0.2, -0.15) is 31.3 Å². The number of thioether (sulfide) groups is 1. The number of hydrogen-bond acceptors (Lipinski definition) is 3. The van der Waals surface area contributed by atoms with Gasteiger partial charge in [0.25, 0.3) is 5.91 Å². The summed E-state index contributed by atoms with van der Waals surface area (Å²) in [5, 5.41) is -1.97. The molecule has 1 saturated heterocycles. The number of halogens is 7. The number of nitrogens with zero attached hydrogens (tertiary/aromatic N) is 1. The van der Waals surface area contributed by atoms with E-state index in [0.29, 0.717) is 6.07 Å². The smallest absolute Gasteiger partial charge is 0.306 e. The van der Waals surface area contributed by atoms with Crippen LogP contribution in [0, 0.1) is 0 Å². The fraction of sp³-hybridized carbons (Fsp3) is 0.250. The van der Waals surface area contributed by atoms with Crippen LogP contribution in [0.25, 0.3) is 0 Å². The lowest BCUT2D eigenvalue weighted by atomic mass is 10.2. The van der Waals surface area contributed by atoms with Crippen molar-refractivity contribution in [1.82, 2.24) is 5.32 Å². The molecule has 1 aliphatic rings. The molecule has 1 heterocycles. The van der Waals surface area contributed by atoms with Crippen LogP contribution in [0.2, 0.25) is 0 Å². The molecule has 0 radical (unpaired) electrons. The Labute approximate surface area is 138 Å². The number of anilines is 1. The van der Waals surface area contributed by atoms with Crippen molar-refractivity contribution in [2.75, 3.05) is 5.32 Å². The predicted octanol–water partition coefficient (Wildman–Crippen LogP) is 3.68. The molecule has 3 amide bonds. The minimum absolute atomic E-state index is 0.346. The van der Waals surface area contributed by atoms with Crippen molar-refractivity contribution in [1.29, 1.82) is 0 Å². The first-order valence-electron chi connectivity index (χ1n) is 6.16. The lowest BCUT2D eigenvalue weighted by Crippen LogP contribution is -2.45. The van der Waals surface area contributed by atoms with Crippen LogP contribution in [0.15, 0.2) is 29.3 Å². The lowest BCUT2D eigenvalue weighted by molar-refractivity contribution is -0.195. The SMILES string of the molecule is O=C(N=C1NC(=O)[C@@](F)(C(F)(F)F)S1)Nc1cccc(C(F)(F)F)c1. The van der Waals surface area contributed by atoms with E-state index < -0.39 is 51.8 Å². The molecule has 1 atom stereocenters. The first kappa shape index (κ1) is 19.0. The van der Waals surface area contributed by atoms with Gasteiger partial charge in [-0.1, -0.05) is 6.07 Å². The third-order valence-electron chi connectivity index (χ3n) is 2.76. The molecule has 136 valence electrons. The van der Waals surface area contributed by atoms with E-state index in [4.69, 9.17) is 0 Å². The summed E-state index contributed by atoms with van der Waals surface area (Å²) in [6, 6.07) is 1.95. The molecular weight excluding hydrogens is 383 g/mol. The maximum Gasteiger partial charge on any atom is 0.442 e. The number of benzene rings is 1. The number of amidine groups is 1. The molecule has 0 aliphatic carbocycles. The van der Waals surface area contributed by atoms with Crippen molar-refractivity contribution in [2.45, 2.75) is 17.4 Å². The first-order valence-corrected chi connectivity index (χ1v) is 6.97. The number of amides is 3. The lowest BCUT2D eigenvalue weighted by Gasteiger charge is -2.17. The Hall–Kier alpha value is -2.31. The molecule has 0 aromatic heterocycles. The fourth-order valence-electron chi connectivity index (χ4n) is 1.64. The van der Waals surface area contributed by atoms with E-state index in [1.165, 1.54) is 5.32 Å². The average molecular weight is 389 g/mol. The standard InChI is InChI=1S/C12H6F7N3O2S/c13-10(12(17,18)19)7(23)21-9(25-10)22-8(24)20-6-3-1-2-5(4-6)11(14,15)16/h1-4H,(H2,20,21,22,23,24)/t10-/m0/s1. The van der Waals surface area contributed by atoms with Crippen LogP contribution >= 0.6 is 11.8 Å². The Kier molecular flexibility index (Phi) is 4.72. The largest absolute Gasteiger partial charge is 0.442 e. The van der Waals surface area contributed by atoms with Crippen LogP contribution in [0.1, 0.15) is 5.56 Å². The molecular formula is C12H6F7N3O2S. The Morgan fingerprint density at radius 3 is 2.36 bits per heavy atom. The van der Waals surface area contributed by atoms with E-state index in [-0.39, 0.29) is 5.69 Å². The predicted molar refractivity (Wildman–Crippen MR) is 73.5 cm³/mol. The second kappa shape index (κ2) is 6.20. The number of hydrogen-bond donors (Lipinski definition) is 2. The summed E-state index contributed by atoms with van der Waals surface area (Å²) >= 11 is -0.669. The summed E-state index contributed by atoms with van der Waals surface area (Å²) in [5.74, 6) is -2.06. The van der Waals surface area contributed by atoms with Gasteiger partial charge in [0.15, 0.2) is 5.17 Å². The minimum Gasteiger partial charge on any atom is -0.306 e. The van der Waals surface area contributed by atoms with Crippen LogP contribution in [0.4, 0.5) is 41.2 Å². The summed E-state index contributed by atoms with van der Waals surface area (Å²) in [4.78, 5) is 25.6. The summed E-state index contributed by atoms with van der Waals surface area (Å²) < 4.78 is 88.7. The van der Waals surface area contributed by atoms with E-state index in [1.54, 1.807) is 0 Å². The third kappa shape index (κ3) is 4.03. The summed E-state index contributed by atoms with van der Waals surface area (Å²) in [7, 11) is 0. The van der Waals surface area contributed by atoms with Crippen molar-refractivity contribution >= 4 is 34.6 Å². The van der Waals surface area contributed by atoms with Crippen molar-refractivity contribution in [2.24, 2.45) is 4.99 Å². The Bertz CT molecular complexity index is 747. The molecule has 0 saturated carbocycles. The van der Waals surface area contributed by atoms with Crippen LogP contribution in [-0.2, 0) is 11.0 Å². The Morgan fingerprint density at radius 2 is 1.84 bits per heavy atom. The van der Waals surface area contributed by atoms with E-state index >= 15 is 0 Å². The average Bonchev–Trinajstić information content (AvgIpc) is 2.73. The second-order valence-electron chi connectivity index (χ2n) is 4.57. The van der Waals surface area contributed by atoms with E-state index in [1.807, 2.05) is 5.32 Å². The van der Waals surface area contributed by atoms with Gasteiger partial charge in [0.05, 0.1) is 5.56 Å². The number of carbonyl (C=O) groups excluding carboxylic acids is 2. The van der Waals surface area contributed by atoms with Gasteiger partial charge in [0.2, 0.25) is 0 Å². The molecule has 5 nitrogen and oxygen atoms in total. The number of alkyl halides is 7. The zero-order valence-electron chi connectivity index (χ0n) is 11.6. The molecule has 1 aromatic carbocycles. The molecule has 0 bridgehead atoms. The highest BCUT2D eigenvalue weighted by atomic mass is 32.2. The summed E-state index contributed by atoms with van der Waals surface area (Å²) in [6.07, 6.45) is -10.2. The third-order valence-corrected chi connectivity index (χ3v) is 3.84. The number of urea groups is 1. The molecule has 2 rings (SSSR count). The number of nitrogens with one attached hydrogen (secondary N) is 2. The molecule has 0 unspecified atom stereocenters. The van der Waals surface area contributed by atoms with E-state index in [2.05, 4.69) is 4.99 Å². The van der Waals surface area contributed by atoms with Crippen molar-refractivity contribution in [3.8, 4) is 0 Å². The van der Waals surface area contributed by atoms with Gasteiger partial charge in [-0.15, -0.1) is 0 Å². The second-order valence-corrected chi connectivity index (χ2v) is 5.73. The minimum atomic E-state index is -5.55. The zero-order chi connectivity index (χ0) is 19.0. The van der Waals surface area contributed by atoms with Gasteiger partial charge in [-0.25, -0.2) is 9.18 Å². The topological polar surface area (TPSA) is 70.6 Å². The van der Waals surface area contributed by atoms with Gasteiger partial charge in [-0.3, -0.25) is 4.79 Å². The highest BCUT2D eigenvalue weighted by Crippen LogP contribution is 2.46. The fourth-order valence-corrected chi connectivity index (χ4v) is 2.44. The van der Waals surface area contributed by atoms with Crippen LogP contribution in [0.3, 0.4) is 0 Å². The van der Waals surface area contributed by atoms with Crippen LogP contribution in [0.5, 0.6) is 0 Å². The highest BCUT2D eigenvalue weighted by Gasteiger charge is 2.67. The van der Waals surface area contributed by atoms with Gasteiger partial charge >= 0.3 is 23.4 Å². The van der Waals surface area contributed by atoms with Crippen LogP contribution < -0.4 is 10.6 Å². The monoisotopic (exact) mass is 389 g/mol. The van der Waals surface area contributed by atoms with Crippen molar-refractivity contribution in [3.63, 3.8) is 0 Å². The Balaban J connectivity index is 2.14. The zero-order valence-corrected chi connectivity index (χ0v) is 12.4. The van der Waals surface area contributed by atoms with Gasteiger partial charge in [0.1, 0.15) is 0 Å². The normalized spacial score (nSPS) is 22.8. The van der Waals surface area contributed by atoms with Crippen LogP contribution in [-0.4, -0.2) is 28.3 Å². The maximum atomic E-state index is 13.6. The van der Waals surface area contributed by atoms with Crippen molar-refractivity contribution < 1.29 is 40.3 Å². The summed E-state index contributed by atoms with van der Waals surface area (Å²) in [5.41, 5.74) is -1.43. The molecule has 25 heavy (non-hydrogen) atoms. The molecule has 1 aromatic rings. The highest BCUT2D eigenvalue weighted by molar-refractivity contribution is 8.16. The molecule has 0 spiro atoms. The van der Waals surface area contributed by atoms with Gasteiger partial charge < -0.3 is 10.6 Å². The van der Waals surface area contributed by atoms with Gasteiger partial charge in [0, 0.05) is 5.69 Å². The first-order chi connectivity index (χ1) is 11.3. The Morgan fingerprint density at radius 1 is 1.20 bits per heavy atom. The maximum absolute atomic E-state index is 13.6. The number of rotatable bonds is 1. The van der Waals surface area contributed by atoms with Crippen molar-refractivity contribution in [3.05, 3.63) is 29.8 Å². The summed E-state index contributed by atoms with van der Waals surface area (Å²) in [6.45, 7) is 0. The molecule has 1 aliphatic heterocycles.